The first-order chi connectivity index (χ1) is 9.13. The first-order valence-electron chi connectivity index (χ1n) is 6.38. The number of fused-ring (bicyclic) bond motifs is 1. The smallest absolute Gasteiger partial charge is 0.223 e. The van der Waals surface area contributed by atoms with Gasteiger partial charge in [0.2, 0.25) is 5.91 Å². The van der Waals surface area contributed by atoms with Crippen molar-refractivity contribution in [1.82, 2.24) is 0 Å². The molecule has 0 aliphatic heterocycles. The molecule has 5 nitrogen and oxygen atoms in total. The van der Waals surface area contributed by atoms with Crippen molar-refractivity contribution in [3.05, 3.63) is 29.3 Å². The van der Waals surface area contributed by atoms with Gasteiger partial charge in [-0.1, -0.05) is 24.2 Å². The molecule has 0 saturated carbocycles. The molecule has 0 aromatic heterocycles. The fraction of sp³-hybridized carbons (Fsp3) is 0.429. The van der Waals surface area contributed by atoms with E-state index in [1.165, 1.54) is 0 Å². The van der Waals surface area contributed by atoms with E-state index in [0.29, 0.717) is 5.71 Å². The van der Waals surface area contributed by atoms with Crippen LogP contribution in [0.4, 0.5) is 0 Å². The number of benzene rings is 1. The summed E-state index contributed by atoms with van der Waals surface area (Å²) in [5.74, 6) is 0.0410. The molecule has 2 rings (SSSR count). The molecule has 0 spiro atoms. The van der Waals surface area contributed by atoms with Gasteiger partial charge in [-0.15, -0.1) is 0 Å². The second-order valence-electron chi connectivity index (χ2n) is 4.80. The molecule has 3 N–H and O–H groups in total. The minimum absolute atomic E-state index is 0.261. The number of ether oxygens (including phenoxy) is 1. The maximum Gasteiger partial charge on any atom is 0.223 e. The van der Waals surface area contributed by atoms with E-state index in [1.54, 1.807) is 6.92 Å². The lowest BCUT2D eigenvalue weighted by molar-refractivity contribution is -0.122. The zero-order valence-electron chi connectivity index (χ0n) is 10.9. The predicted octanol–water partition coefficient (Wildman–Crippen LogP) is 1.70. The molecular formula is C14H18N2O3. The first-order valence-corrected chi connectivity index (χ1v) is 6.38. The molecule has 0 heterocycles. The second kappa shape index (κ2) is 5.73. The number of hydrogen-bond acceptors (Lipinski definition) is 4. The normalized spacial score (nSPS) is 17.8. The van der Waals surface area contributed by atoms with Crippen molar-refractivity contribution in [3.63, 3.8) is 0 Å². The van der Waals surface area contributed by atoms with Crippen molar-refractivity contribution in [3.8, 4) is 5.75 Å². The van der Waals surface area contributed by atoms with Gasteiger partial charge in [0.1, 0.15) is 5.75 Å². The van der Waals surface area contributed by atoms with E-state index in [4.69, 9.17) is 15.7 Å². The van der Waals surface area contributed by atoms with Gasteiger partial charge in [-0.2, -0.15) is 0 Å². The number of primary amides is 1. The second-order valence-corrected chi connectivity index (χ2v) is 4.80. The molecule has 19 heavy (non-hydrogen) atoms. The Labute approximate surface area is 112 Å². The topological polar surface area (TPSA) is 84.9 Å². The lowest BCUT2D eigenvalue weighted by Crippen LogP contribution is -2.26. The van der Waals surface area contributed by atoms with Gasteiger partial charge >= 0.3 is 0 Å². The molecule has 1 aromatic carbocycles. The van der Waals surface area contributed by atoms with Gasteiger partial charge in [-0.25, -0.2) is 0 Å². The quantitative estimate of drug-likeness (QED) is 0.639. The van der Waals surface area contributed by atoms with Crippen molar-refractivity contribution in [2.45, 2.75) is 26.2 Å². The Morgan fingerprint density at radius 2 is 2.32 bits per heavy atom. The third-order valence-electron chi connectivity index (χ3n) is 3.38. The maximum atomic E-state index is 11.0. The maximum absolute atomic E-state index is 11.0. The van der Waals surface area contributed by atoms with Gasteiger partial charge in [0.15, 0.2) is 0 Å². The summed E-state index contributed by atoms with van der Waals surface area (Å²) in [6.07, 6.45) is 2.58. The predicted molar refractivity (Wildman–Crippen MR) is 71.6 cm³/mol. The third kappa shape index (κ3) is 2.86. The molecule has 5 heteroatoms. The van der Waals surface area contributed by atoms with Crippen LogP contribution in [0.15, 0.2) is 23.4 Å². The zero-order chi connectivity index (χ0) is 13.8. The molecule has 0 fully saturated rings. The summed E-state index contributed by atoms with van der Waals surface area (Å²) in [5.41, 5.74) is 7.87. The first kappa shape index (κ1) is 13.4. The molecule has 102 valence electrons. The number of nitrogens with zero attached hydrogens (tertiary/aromatic N) is 1. The van der Waals surface area contributed by atoms with Crippen LogP contribution < -0.4 is 10.5 Å². The van der Waals surface area contributed by atoms with Crippen LogP contribution in [0.25, 0.3) is 0 Å². The highest BCUT2D eigenvalue weighted by atomic mass is 16.5. The standard InChI is InChI=1S/C14H18N2O3/c1-9(14(15)17)8-19-13-7-3-4-10-11(13)5-2-6-12(10)16-18/h3-4,7,9,18H,2,5-6,8H2,1H3,(H2,15,17). The van der Waals surface area contributed by atoms with Gasteiger partial charge in [0.05, 0.1) is 18.2 Å². The molecule has 0 saturated heterocycles. The molecule has 1 aliphatic carbocycles. The highest BCUT2D eigenvalue weighted by Crippen LogP contribution is 2.30. The third-order valence-corrected chi connectivity index (χ3v) is 3.38. The highest BCUT2D eigenvalue weighted by molar-refractivity contribution is 6.02. The molecule has 1 aliphatic rings. The number of amides is 1. The Bertz CT molecular complexity index is 511. The largest absolute Gasteiger partial charge is 0.492 e. The lowest BCUT2D eigenvalue weighted by atomic mass is 9.89. The Morgan fingerprint density at radius 3 is 3.00 bits per heavy atom. The molecule has 0 radical (unpaired) electrons. The van der Waals surface area contributed by atoms with Crippen molar-refractivity contribution in [2.24, 2.45) is 16.8 Å². The molecule has 1 atom stereocenters. The van der Waals surface area contributed by atoms with Gasteiger partial charge in [-0.3, -0.25) is 4.79 Å². The van der Waals surface area contributed by atoms with Crippen LogP contribution in [0.3, 0.4) is 0 Å². The van der Waals surface area contributed by atoms with Crippen LogP contribution in [0.5, 0.6) is 5.75 Å². The van der Waals surface area contributed by atoms with Crippen LogP contribution in [-0.2, 0) is 11.2 Å². The Morgan fingerprint density at radius 1 is 1.53 bits per heavy atom. The average Bonchev–Trinajstić information content (AvgIpc) is 2.43. The van der Waals surface area contributed by atoms with E-state index in [1.807, 2.05) is 18.2 Å². The van der Waals surface area contributed by atoms with Crippen molar-refractivity contribution in [2.75, 3.05) is 6.61 Å². The number of nitrogens with two attached hydrogens (primary N) is 1. The molecule has 0 bridgehead atoms. The summed E-state index contributed by atoms with van der Waals surface area (Å²) in [7, 11) is 0. The zero-order valence-corrected chi connectivity index (χ0v) is 10.9. The SMILES string of the molecule is CC(COc1cccc2c1CCCC2=NO)C(N)=O. The van der Waals surface area contributed by atoms with E-state index >= 15 is 0 Å². The minimum Gasteiger partial charge on any atom is -0.492 e. The molecule has 1 unspecified atom stereocenters. The van der Waals surface area contributed by atoms with E-state index in [9.17, 15) is 4.79 Å². The highest BCUT2D eigenvalue weighted by Gasteiger charge is 2.20. The van der Waals surface area contributed by atoms with E-state index in [-0.39, 0.29) is 18.4 Å². The van der Waals surface area contributed by atoms with Crippen LogP contribution in [0, 0.1) is 5.92 Å². The Balaban J connectivity index is 2.21. The molecular weight excluding hydrogens is 244 g/mol. The fourth-order valence-corrected chi connectivity index (χ4v) is 2.20. The summed E-state index contributed by atoms with van der Waals surface area (Å²) in [5, 5.41) is 12.3. The monoisotopic (exact) mass is 262 g/mol. The molecule has 1 amide bonds. The number of rotatable bonds is 4. The van der Waals surface area contributed by atoms with E-state index in [0.717, 1.165) is 36.1 Å². The van der Waals surface area contributed by atoms with Crippen LogP contribution in [0.1, 0.15) is 30.9 Å². The lowest BCUT2D eigenvalue weighted by Gasteiger charge is -2.20. The van der Waals surface area contributed by atoms with E-state index in [2.05, 4.69) is 5.16 Å². The average molecular weight is 262 g/mol. The van der Waals surface area contributed by atoms with Crippen molar-refractivity contribution in [1.29, 1.82) is 0 Å². The summed E-state index contributed by atoms with van der Waals surface area (Å²) in [6, 6.07) is 5.65. The van der Waals surface area contributed by atoms with Gasteiger partial charge in [0, 0.05) is 11.1 Å². The van der Waals surface area contributed by atoms with Crippen LogP contribution >= 0.6 is 0 Å². The molecule has 1 aromatic rings. The van der Waals surface area contributed by atoms with E-state index < -0.39 is 0 Å². The van der Waals surface area contributed by atoms with Crippen LogP contribution in [-0.4, -0.2) is 23.4 Å². The number of carbonyl (C=O) groups is 1. The van der Waals surface area contributed by atoms with Crippen molar-refractivity contribution < 1.29 is 14.7 Å². The summed E-state index contributed by atoms with van der Waals surface area (Å²) < 4.78 is 5.68. The number of oxime groups is 1. The Hall–Kier alpha value is -2.04. The van der Waals surface area contributed by atoms with Crippen LogP contribution in [0.2, 0.25) is 0 Å². The Kier molecular flexibility index (Phi) is 4.04. The van der Waals surface area contributed by atoms with Gasteiger partial charge in [0.25, 0.3) is 0 Å². The van der Waals surface area contributed by atoms with Gasteiger partial charge < -0.3 is 15.7 Å². The summed E-state index contributed by atoms with van der Waals surface area (Å²) in [6.45, 7) is 2.00. The summed E-state index contributed by atoms with van der Waals surface area (Å²) >= 11 is 0. The minimum atomic E-state index is -0.373. The van der Waals surface area contributed by atoms with Crippen molar-refractivity contribution >= 4 is 11.6 Å². The fourth-order valence-electron chi connectivity index (χ4n) is 2.20. The van der Waals surface area contributed by atoms with Gasteiger partial charge in [-0.05, 0) is 25.3 Å². The summed E-state index contributed by atoms with van der Waals surface area (Å²) in [4.78, 5) is 11.0. The number of carbonyl (C=O) groups excluding carboxylic acids is 1. The number of hydrogen-bond donors (Lipinski definition) is 2.